The third kappa shape index (κ3) is 3.82. The summed E-state index contributed by atoms with van der Waals surface area (Å²) in [7, 11) is 0. The minimum absolute atomic E-state index is 0.139. The van der Waals surface area contributed by atoms with Gasteiger partial charge in [-0.05, 0) is 48.6 Å². The topological polar surface area (TPSA) is 70.8 Å². The summed E-state index contributed by atoms with van der Waals surface area (Å²) in [5, 5.41) is 0. The number of nitrogens with zero attached hydrogens (tertiary/aromatic N) is 1. The maximum Gasteiger partial charge on any atom is 0.417 e. The predicted octanol–water partition coefficient (Wildman–Crippen LogP) is 5.70. The maximum absolute atomic E-state index is 13.3. The molecular weight excluding hydrogens is 419 g/mol. The van der Waals surface area contributed by atoms with E-state index < -0.39 is 17.5 Å². The van der Waals surface area contributed by atoms with Crippen molar-refractivity contribution < 1.29 is 22.7 Å². The van der Waals surface area contributed by atoms with Crippen LogP contribution < -0.4 is 0 Å². The van der Waals surface area contributed by atoms with E-state index in [0.29, 0.717) is 17.4 Å². The number of hydrogen-bond donors (Lipinski definition) is 2. The first-order valence-corrected chi connectivity index (χ1v) is 10.4. The zero-order valence-electron chi connectivity index (χ0n) is 17.0. The van der Waals surface area contributed by atoms with Crippen molar-refractivity contribution in [3.05, 3.63) is 77.0 Å². The van der Waals surface area contributed by atoms with E-state index in [4.69, 9.17) is 4.74 Å². The zero-order chi connectivity index (χ0) is 22.3. The lowest BCUT2D eigenvalue weighted by atomic mass is 9.91. The Labute approximate surface area is 181 Å². The van der Waals surface area contributed by atoms with Crippen molar-refractivity contribution in [1.82, 2.24) is 15.0 Å². The molecule has 4 aromatic rings. The van der Waals surface area contributed by atoms with E-state index in [1.54, 1.807) is 0 Å². The molecule has 1 fully saturated rings. The third-order valence-corrected chi connectivity index (χ3v) is 5.88. The van der Waals surface area contributed by atoms with E-state index >= 15 is 0 Å². The van der Waals surface area contributed by atoms with Gasteiger partial charge in [0.2, 0.25) is 0 Å². The number of aromatic amines is 2. The molecule has 1 saturated heterocycles. The maximum atomic E-state index is 13.3. The summed E-state index contributed by atoms with van der Waals surface area (Å²) in [6, 6.07) is 12.4. The molecule has 32 heavy (non-hydrogen) atoms. The van der Waals surface area contributed by atoms with Gasteiger partial charge in [0, 0.05) is 30.5 Å². The molecule has 0 unspecified atom stereocenters. The second-order valence-corrected chi connectivity index (χ2v) is 7.92. The number of nitrogens with one attached hydrogen (secondary N) is 2. The zero-order valence-corrected chi connectivity index (χ0v) is 17.0. The number of ketones is 1. The Kier molecular flexibility index (Phi) is 5.09. The van der Waals surface area contributed by atoms with Crippen LogP contribution in [0.25, 0.3) is 22.6 Å². The fourth-order valence-corrected chi connectivity index (χ4v) is 4.19. The number of hydrogen-bond acceptors (Lipinski definition) is 3. The van der Waals surface area contributed by atoms with Crippen molar-refractivity contribution in [3.63, 3.8) is 0 Å². The van der Waals surface area contributed by atoms with Crippen LogP contribution in [-0.2, 0) is 10.9 Å². The molecule has 0 amide bonds. The lowest BCUT2D eigenvalue weighted by Gasteiger charge is -2.22. The van der Waals surface area contributed by atoms with E-state index in [-0.39, 0.29) is 11.1 Å². The second kappa shape index (κ2) is 7.94. The van der Waals surface area contributed by atoms with Crippen molar-refractivity contribution in [1.29, 1.82) is 0 Å². The summed E-state index contributed by atoms with van der Waals surface area (Å²) in [5.74, 6) is 0.272. The van der Waals surface area contributed by atoms with Crippen LogP contribution in [0.2, 0.25) is 0 Å². The fraction of sp³-hybridized carbons (Fsp3) is 0.250. The molecule has 1 aliphatic heterocycles. The predicted molar refractivity (Wildman–Crippen MR) is 114 cm³/mol. The van der Waals surface area contributed by atoms with E-state index in [2.05, 4.69) is 27.1 Å². The standard InChI is InChI=1S/C24H20F3N3O2/c25-24(26,27)18-4-2-1-3-17(18)22(31)16-12-21(28-13-16)23-29-19-6-5-15(11-20(19)30-23)14-7-9-32-10-8-14/h1-6,11-14,28H,7-10H2,(H,29,30). The highest BCUT2D eigenvalue weighted by Gasteiger charge is 2.35. The Morgan fingerprint density at radius 3 is 2.62 bits per heavy atom. The Hall–Kier alpha value is -3.39. The molecule has 2 N–H and O–H groups in total. The van der Waals surface area contributed by atoms with Crippen LogP contribution in [0.3, 0.4) is 0 Å². The van der Waals surface area contributed by atoms with Gasteiger partial charge in [0.25, 0.3) is 0 Å². The van der Waals surface area contributed by atoms with Gasteiger partial charge < -0.3 is 14.7 Å². The highest BCUT2D eigenvalue weighted by Crippen LogP contribution is 2.33. The Bertz CT molecular complexity index is 1280. The molecule has 2 aromatic heterocycles. The Balaban J connectivity index is 1.44. The number of benzene rings is 2. The highest BCUT2D eigenvalue weighted by atomic mass is 19.4. The molecule has 164 valence electrons. The van der Waals surface area contributed by atoms with Crippen LogP contribution in [0.15, 0.2) is 54.7 Å². The van der Waals surface area contributed by atoms with Gasteiger partial charge in [0.05, 0.1) is 22.3 Å². The molecule has 0 aliphatic carbocycles. The van der Waals surface area contributed by atoms with Gasteiger partial charge in [-0.1, -0.05) is 24.3 Å². The number of aromatic nitrogens is 3. The molecule has 1 aliphatic rings. The number of halogens is 3. The minimum Gasteiger partial charge on any atom is -0.381 e. The molecule has 0 spiro atoms. The van der Waals surface area contributed by atoms with Gasteiger partial charge >= 0.3 is 6.18 Å². The van der Waals surface area contributed by atoms with Gasteiger partial charge in [0.1, 0.15) is 0 Å². The van der Waals surface area contributed by atoms with Crippen molar-refractivity contribution in [2.75, 3.05) is 13.2 Å². The van der Waals surface area contributed by atoms with Crippen molar-refractivity contribution in [3.8, 4) is 11.5 Å². The third-order valence-electron chi connectivity index (χ3n) is 5.88. The number of rotatable bonds is 4. The molecule has 5 nitrogen and oxygen atoms in total. The number of H-pyrrole nitrogens is 2. The van der Waals surface area contributed by atoms with Crippen LogP contribution in [0.1, 0.15) is 45.8 Å². The van der Waals surface area contributed by atoms with Crippen molar-refractivity contribution in [2.45, 2.75) is 24.9 Å². The summed E-state index contributed by atoms with van der Waals surface area (Å²) < 4.78 is 45.3. The first-order valence-electron chi connectivity index (χ1n) is 10.4. The molecule has 5 rings (SSSR count). The SMILES string of the molecule is O=C(c1c[nH]c(-c2nc3ccc(C4CCOCC4)cc3[nH]2)c1)c1ccccc1C(F)(F)F. The van der Waals surface area contributed by atoms with Gasteiger partial charge in [-0.3, -0.25) is 4.79 Å². The summed E-state index contributed by atoms with van der Waals surface area (Å²) in [6.07, 6.45) is -1.24. The molecule has 0 bridgehead atoms. The lowest BCUT2D eigenvalue weighted by Crippen LogP contribution is -2.13. The lowest BCUT2D eigenvalue weighted by molar-refractivity contribution is -0.137. The quantitative estimate of drug-likeness (QED) is 0.401. The van der Waals surface area contributed by atoms with Crippen LogP contribution in [0, 0.1) is 0 Å². The van der Waals surface area contributed by atoms with Gasteiger partial charge in [-0.25, -0.2) is 4.98 Å². The number of ether oxygens (including phenoxy) is 1. The van der Waals surface area contributed by atoms with Crippen LogP contribution in [-0.4, -0.2) is 33.9 Å². The summed E-state index contributed by atoms with van der Waals surface area (Å²) in [6.45, 7) is 1.52. The summed E-state index contributed by atoms with van der Waals surface area (Å²) in [4.78, 5) is 23.6. The average molecular weight is 439 g/mol. The highest BCUT2D eigenvalue weighted by molar-refractivity contribution is 6.10. The molecular formula is C24H20F3N3O2. The molecule has 3 heterocycles. The minimum atomic E-state index is -4.60. The van der Waals surface area contributed by atoms with Gasteiger partial charge in [-0.2, -0.15) is 13.2 Å². The number of carbonyl (C=O) groups excluding carboxylic acids is 1. The van der Waals surface area contributed by atoms with E-state index in [1.165, 1.54) is 36.0 Å². The molecule has 0 radical (unpaired) electrons. The Morgan fingerprint density at radius 2 is 1.84 bits per heavy atom. The number of imidazole rings is 1. The Morgan fingerprint density at radius 1 is 1.06 bits per heavy atom. The second-order valence-electron chi connectivity index (χ2n) is 7.92. The van der Waals surface area contributed by atoms with E-state index in [0.717, 1.165) is 43.2 Å². The van der Waals surface area contributed by atoms with Crippen molar-refractivity contribution >= 4 is 16.8 Å². The van der Waals surface area contributed by atoms with Gasteiger partial charge in [0.15, 0.2) is 11.6 Å². The number of alkyl halides is 3. The largest absolute Gasteiger partial charge is 0.417 e. The van der Waals surface area contributed by atoms with Crippen LogP contribution in [0.5, 0.6) is 0 Å². The average Bonchev–Trinajstić information content (AvgIpc) is 3.45. The summed E-state index contributed by atoms with van der Waals surface area (Å²) >= 11 is 0. The monoisotopic (exact) mass is 439 g/mol. The fourth-order valence-electron chi connectivity index (χ4n) is 4.19. The molecule has 0 atom stereocenters. The summed E-state index contributed by atoms with van der Waals surface area (Å²) in [5.41, 5.74) is 2.21. The van der Waals surface area contributed by atoms with Crippen LogP contribution >= 0.6 is 0 Å². The molecule has 2 aromatic carbocycles. The molecule has 8 heteroatoms. The van der Waals surface area contributed by atoms with Crippen molar-refractivity contribution in [2.24, 2.45) is 0 Å². The van der Waals surface area contributed by atoms with E-state index in [1.807, 2.05) is 6.07 Å². The van der Waals surface area contributed by atoms with Gasteiger partial charge in [-0.15, -0.1) is 0 Å². The van der Waals surface area contributed by atoms with E-state index in [9.17, 15) is 18.0 Å². The normalized spacial score (nSPS) is 15.3. The number of fused-ring (bicyclic) bond motifs is 1. The van der Waals surface area contributed by atoms with Crippen LogP contribution in [0.4, 0.5) is 13.2 Å². The number of carbonyl (C=O) groups is 1. The first-order chi connectivity index (χ1) is 15.4. The molecule has 0 saturated carbocycles. The first kappa shape index (κ1) is 20.5. The smallest absolute Gasteiger partial charge is 0.381 e.